The minimum atomic E-state index is -4.41. The Morgan fingerprint density at radius 1 is 1.13 bits per heavy atom. The van der Waals surface area contributed by atoms with Crippen LogP contribution in [0.2, 0.25) is 0 Å². The van der Waals surface area contributed by atoms with E-state index in [0.29, 0.717) is 16.9 Å². The SMILES string of the molecule is CC1(C)[C@H]2CC[C@@]1(C)c1nn(-c3ccccc3)c(C(F)(F)F)c12. The van der Waals surface area contributed by atoms with Crippen molar-refractivity contribution >= 4 is 0 Å². The van der Waals surface area contributed by atoms with Gasteiger partial charge in [-0.25, -0.2) is 4.68 Å². The van der Waals surface area contributed by atoms with Gasteiger partial charge in [-0.3, -0.25) is 0 Å². The summed E-state index contributed by atoms with van der Waals surface area (Å²) in [7, 11) is 0. The molecule has 0 amide bonds. The number of hydrogen-bond donors (Lipinski definition) is 0. The Hall–Kier alpha value is -1.78. The van der Waals surface area contributed by atoms with Gasteiger partial charge in [0.15, 0.2) is 5.69 Å². The highest BCUT2D eigenvalue weighted by atomic mass is 19.4. The van der Waals surface area contributed by atoms with E-state index in [1.165, 1.54) is 0 Å². The number of rotatable bonds is 1. The van der Waals surface area contributed by atoms with Crippen LogP contribution in [0.1, 0.15) is 56.5 Å². The number of para-hydroxylation sites is 1. The van der Waals surface area contributed by atoms with E-state index in [2.05, 4.69) is 25.9 Å². The second-order valence-corrected chi connectivity index (χ2v) is 7.50. The van der Waals surface area contributed by atoms with Gasteiger partial charge in [0.25, 0.3) is 0 Å². The summed E-state index contributed by atoms with van der Waals surface area (Å²) in [6.45, 7) is 6.24. The van der Waals surface area contributed by atoms with Gasteiger partial charge in [-0.1, -0.05) is 39.0 Å². The molecule has 0 N–H and O–H groups in total. The van der Waals surface area contributed by atoms with Gasteiger partial charge in [0, 0.05) is 11.0 Å². The van der Waals surface area contributed by atoms with E-state index < -0.39 is 11.9 Å². The van der Waals surface area contributed by atoms with Gasteiger partial charge in [0.05, 0.1) is 11.4 Å². The van der Waals surface area contributed by atoms with Crippen LogP contribution in [0.25, 0.3) is 5.69 Å². The van der Waals surface area contributed by atoms with E-state index in [1.54, 1.807) is 30.3 Å². The summed E-state index contributed by atoms with van der Waals surface area (Å²) >= 11 is 0. The average Bonchev–Trinajstić information content (AvgIpc) is 3.03. The summed E-state index contributed by atoms with van der Waals surface area (Å²) in [5.41, 5.74) is 0.498. The fourth-order valence-electron chi connectivity index (χ4n) is 4.63. The third-order valence-electron chi connectivity index (χ3n) is 6.29. The van der Waals surface area contributed by atoms with Gasteiger partial charge < -0.3 is 0 Å². The quantitative estimate of drug-likeness (QED) is 0.717. The van der Waals surface area contributed by atoms with Crippen molar-refractivity contribution in [3.63, 3.8) is 0 Å². The molecule has 4 rings (SSSR count). The molecule has 1 saturated carbocycles. The van der Waals surface area contributed by atoms with E-state index in [0.717, 1.165) is 17.5 Å². The van der Waals surface area contributed by atoms with Gasteiger partial charge in [-0.05, 0) is 36.3 Å². The standard InChI is InChI=1S/C18H19F3N2/c1-16(2)12-9-10-17(16,3)14-13(12)15(18(19,20)21)23(22-14)11-7-5-4-6-8-11/h4-8,12H,9-10H2,1-3H3/t12-,17-/m0/s1. The number of hydrogen-bond acceptors (Lipinski definition) is 1. The Labute approximate surface area is 133 Å². The molecule has 0 saturated heterocycles. The topological polar surface area (TPSA) is 17.8 Å². The molecule has 0 unspecified atom stereocenters. The van der Waals surface area contributed by atoms with Crippen LogP contribution in [0.5, 0.6) is 0 Å². The number of alkyl halides is 3. The lowest BCUT2D eigenvalue weighted by Gasteiger charge is -2.34. The summed E-state index contributed by atoms with van der Waals surface area (Å²) in [5.74, 6) is -0.0726. The molecule has 2 bridgehead atoms. The first kappa shape index (κ1) is 14.8. The minimum Gasteiger partial charge on any atom is -0.228 e. The van der Waals surface area contributed by atoms with Gasteiger partial charge >= 0.3 is 6.18 Å². The maximum atomic E-state index is 13.9. The fourth-order valence-corrected chi connectivity index (χ4v) is 4.63. The second-order valence-electron chi connectivity index (χ2n) is 7.50. The van der Waals surface area contributed by atoms with E-state index in [4.69, 9.17) is 0 Å². The van der Waals surface area contributed by atoms with Gasteiger partial charge in [0.1, 0.15) is 0 Å². The second kappa shape index (κ2) is 4.19. The molecule has 0 aliphatic heterocycles. The maximum Gasteiger partial charge on any atom is 0.433 e. The van der Waals surface area contributed by atoms with Crippen molar-refractivity contribution in [2.75, 3.05) is 0 Å². The Bertz CT molecular complexity index is 774. The Morgan fingerprint density at radius 3 is 2.39 bits per heavy atom. The minimum absolute atomic E-state index is 0.0726. The van der Waals surface area contributed by atoms with E-state index in [9.17, 15) is 13.2 Å². The monoisotopic (exact) mass is 320 g/mol. The molecule has 1 heterocycles. The summed E-state index contributed by atoms with van der Waals surface area (Å²) in [4.78, 5) is 0. The van der Waals surface area contributed by atoms with Crippen molar-refractivity contribution in [1.82, 2.24) is 9.78 Å². The predicted octanol–water partition coefficient (Wildman–Crippen LogP) is 5.07. The average molecular weight is 320 g/mol. The molecule has 122 valence electrons. The molecular weight excluding hydrogens is 301 g/mol. The predicted molar refractivity (Wildman–Crippen MR) is 81.7 cm³/mol. The van der Waals surface area contributed by atoms with E-state index in [-0.39, 0.29) is 16.7 Å². The molecule has 1 fully saturated rings. The molecule has 23 heavy (non-hydrogen) atoms. The molecule has 2 nitrogen and oxygen atoms in total. The van der Waals surface area contributed by atoms with Crippen molar-refractivity contribution in [3.05, 3.63) is 47.3 Å². The van der Waals surface area contributed by atoms with Gasteiger partial charge in [-0.2, -0.15) is 18.3 Å². The highest BCUT2D eigenvalue weighted by Crippen LogP contribution is 2.68. The third-order valence-corrected chi connectivity index (χ3v) is 6.29. The number of aromatic nitrogens is 2. The van der Waals surface area contributed by atoms with Crippen LogP contribution >= 0.6 is 0 Å². The van der Waals surface area contributed by atoms with Crippen LogP contribution in [0.15, 0.2) is 30.3 Å². The van der Waals surface area contributed by atoms with Crippen molar-refractivity contribution in [2.45, 2.75) is 51.1 Å². The van der Waals surface area contributed by atoms with Gasteiger partial charge in [0.2, 0.25) is 0 Å². The zero-order valence-corrected chi connectivity index (χ0v) is 13.4. The zero-order chi connectivity index (χ0) is 16.6. The van der Waals surface area contributed by atoms with Crippen LogP contribution in [-0.2, 0) is 11.6 Å². The molecule has 5 heteroatoms. The first-order valence-corrected chi connectivity index (χ1v) is 7.94. The molecule has 1 aromatic carbocycles. The fraction of sp³-hybridized carbons (Fsp3) is 0.500. The first-order chi connectivity index (χ1) is 10.7. The van der Waals surface area contributed by atoms with Crippen molar-refractivity contribution in [3.8, 4) is 5.69 Å². The third kappa shape index (κ3) is 1.68. The summed E-state index contributed by atoms with van der Waals surface area (Å²) in [5, 5.41) is 4.47. The molecule has 2 aromatic rings. The summed E-state index contributed by atoms with van der Waals surface area (Å²) in [6.07, 6.45) is -2.70. The Kier molecular flexibility index (Phi) is 2.69. The van der Waals surface area contributed by atoms with Crippen molar-refractivity contribution in [1.29, 1.82) is 0 Å². The summed E-state index contributed by atoms with van der Waals surface area (Å²) < 4.78 is 42.7. The van der Waals surface area contributed by atoms with E-state index >= 15 is 0 Å². The molecule has 0 spiro atoms. The molecule has 0 radical (unpaired) electrons. The van der Waals surface area contributed by atoms with Crippen molar-refractivity contribution < 1.29 is 13.2 Å². The molecule has 2 atom stereocenters. The van der Waals surface area contributed by atoms with Crippen LogP contribution in [0, 0.1) is 5.41 Å². The normalized spacial score (nSPS) is 28.2. The molecular formula is C18H19F3N2. The van der Waals surface area contributed by atoms with E-state index in [1.807, 2.05) is 0 Å². The number of fused-ring (bicyclic) bond motifs is 5. The van der Waals surface area contributed by atoms with Crippen LogP contribution in [-0.4, -0.2) is 9.78 Å². The van der Waals surface area contributed by atoms with Crippen LogP contribution < -0.4 is 0 Å². The van der Waals surface area contributed by atoms with Crippen LogP contribution in [0.4, 0.5) is 13.2 Å². The first-order valence-electron chi connectivity index (χ1n) is 7.94. The highest BCUT2D eigenvalue weighted by Gasteiger charge is 2.64. The maximum absolute atomic E-state index is 13.9. The molecule has 2 aliphatic carbocycles. The Morgan fingerprint density at radius 2 is 1.78 bits per heavy atom. The molecule has 1 aromatic heterocycles. The Balaban J connectivity index is 2.03. The number of halogens is 3. The lowest BCUT2D eigenvalue weighted by molar-refractivity contribution is -0.143. The molecule has 2 aliphatic rings. The largest absolute Gasteiger partial charge is 0.433 e. The summed E-state index contributed by atoms with van der Waals surface area (Å²) in [6, 6.07) is 8.62. The van der Waals surface area contributed by atoms with Crippen LogP contribution in [0.3, 0.4) is 0 Å². The zero-order valence-electron chi connectivity index (χ0n) is 13.4. The lowest BCUT2D eigenvalue weighted by atomic mass is 9.70. The van der Waals surface area contributed by atoms with Crippen molar-refractivity contribution in [2.24, 2.45) is 5.41 Å². The lowest BCUT2D eigenvalue weighted by Crippen LogP contribution is -2.32. The highest BCUT2D eigenvalue weighted by molar-refractivity contribution is 5.51. The smallest absolute Gasteiger partial charge is 0.228 e. The number of benzene rings is 1. The van der Waals surface area contributed by atoms with Gasteiger partial charge in [-0.15, -0.1) is 0 Å². The number of nitrogens with zero attached hydrogens (tertiary/aromatic N) is 2.